The third kappa shape index (κ3) is 7.27. The normalized spacial score (nSPS) is 20.9. The van der Waals surface area contributed by atoms with E-state index in [0.717, 1.165) is 38.6 Å². The molecule has 0 spiro atoms. The van der Waals surface area contributed by atoms with Gasteiger partial charge in [0, 0.05) is 44.9 Å². The fraction of sp³-hybridized carbons (Fsp3) is 0.538. The molecule has 1 amide bonds. The number of fused-ring (bicyclic) bond motifs is 3. The summed E-state index contributed by atoms with van der Waals surface area (Å²) in [5.41, 5.74) is -0.707. The third-order valence-corrected chi connectivity index (χ3v) is 10.3. The molecule has 3 aliphatic rings. The highest BCUT2D eigenvalue weighted by molar-refractivity contribution is 6.02. The first-order valence-electron chi connectivity index (χ1n) is 18.4. The van der Waals surface area contributed by atoms with Gasteiger partial charge in [-0.15, -0.1) is 0 Å². The summed E-state index contributed by atoms with van der Waals surface area (Å²) in [4.78, 5) is 29.8. The van der Waals surface area contributed by atoms with Crippen LogP contribution in [0.3, 0.4) is 0 Å². The zero-order chi connectivity index (χ0) is 37.5. The molecule has 2 aromatic heterocycles. The van der Waals surface area contributed by atoms with Gasteiger partial charge in [0.25, 0.3) is 0 Å². The van der Waals surface area contributed by atoms with E-state index in [4.69, 9.17) is 23.9 Å². The Hall–Kier alpha value is -4.43. The topological polar surface area (TPSA) is 102 Å². The molecule has 0 bridgehead atoms. The molecule has 53 heavy (non-hydrogen) atoms. The van der Waals surface area contributed by atoms with Crippen molar-refractivity contribution < 1.29 is 36.9 Å². The number of hydrogen-bond donors (Lipinski definition) is 0. The summed E-state index contributed by atoms with van der Waals surface area (Å²) >= 11 is 0. The fourth-order valence-electron chi connectivity index (χ4n) is 8.02. The third-order valence-electron chi connectivity index (χ3n) is 10.3. The van der Waals surface area contributed by atoms with Crippen molar-refractivity contribution in [2.45, 2.75) is 90.0 Å². The quantitative estimate of drug-likeness (QED) is 0.159. The molecule has 5 heterocycles. The van der Waals surface area contributed by atoms with Crippen LogP contribution in [-0.4, -0.2) is 95.0 Å². The fourth-order valence-corrected chi connectivity index (χ4v) is 8.02. The van der Waals surface area contributed by atoms with Crippen molar-refractivity contribution in [1.29, 1.82) is 0 Å². The minimum absolute atomic E-state index is 0.0518. The van der Waals surface area contributed by atoms with Crippen molar-refractivity contribution in [2.24, 2.45) is 0 Å². The maximum Gasteiger partial charge on any atom is 0.429 e. The number of halogens is 3. The highest BCUT2D eigenvalue weighted by atomic mass is 19.1. The van der Waals surface area contributed by atoms with Gasteiger partial charge in [0.1, 0.15) is 41.2 Å². The monoisotopic (exact) mass is 736 g/mol. The molecule has 0 unspecified atom stereocenters. The summed E-state index contributed by atoms with van der Waals surface area (Å²) in [5.74, 6) is -0.582. The van der Waals surface area contributed by atoms with E-state index < -0.39 is 35.0 Å². The lowest BCUT2D eigenvalue weighted by atomic mass is 9.94. The molecule has 0 N–H and O–H groups in total. The van der Waals surface area contributed by atoms with Crippen LogP contribution >= 0.6 is 0 Å². The van der Waals surface area contributed by atoms with Crippen LogP contribution in [0.1, 0.15) is 71.8 Å². The van der Waals surface area contributed by atoms with Crippen LogP contribution < -0.4 is 14.5 Å². The Morgan fingerprint density at radius 2 is 1.85 bits per heavy atom. The highest BCUT2D eigenvalue weighted by Gasteiger charge is 2.49. The number of carbonyl (C=O) groups excluding carboxylic acids is 1. The predicted molar refractivity (Wildman–Crippen MR) is 195 cm³/mol. The molecule has 2 atom stereocenters. The molecule has 2 aromatic carbocycles. The SMILES string of the molecule is CCc1c(F)ccc2cc(OCOC)cc(-c3ncc4c(N5CCCCCN5C(=O)OC(C)(C)C)nc(OC[C@@]56CCCN5C[C@H](F)C6)nc4c3F)c12. The maximum absolute atomic E-state index is 17.3. The van der Waals surface area contributed by atoms with Crippen molar-refractivity contribution in [3.05, 3.63) is 47.7 Å². The van der Waals surface area contributed by atoms with Crippen LogP contribution in [0.4, 0.5) is 23.8 Å². The summed E-state index contributed by atoms with van der Waals surface area (Å²) in [6.45, 7) is 9.16. The van der Waals surface area contributed by atoms with Crippen molar-refractivity contribution in [1.82, 2.24) is 24.9 Å². The van der Waals surface area contributed by atoms with Gasteiger partial charge in [-0.25, -0.2) is 23.0 Å². The number of nitrogens with zero attached hydrogens (tertiary/aromatic N) is 6. The molecule has 3 fully saturated rings. The smallest absolute Gasteiger partial charge is 0.429 e. The Bertz CT molecular complexity index is 2010. The van der Waals surface area contributed by atoms with Gasteiger partial charge >= 0.3 is 12.1 Å². The minimum Gasteiger partial charge on any atom is -0.468 e. The van der Waals surface area contributed by atoms with Crippen LogP contribution in [0.25, 0.3) is 32.9 Å². The molecular weight excluding hydrogens is 689 g/mol. The molecule has 4 aromatic rings. The average Bonchev–Trinajstić information content (AvgIpc) is 3.52. The lowest BCUT2D eigenvalue weighted by molar-refractivity contribution is 0.0232. The summed E-state index contributed by atoms with van der Waals surface area (Å²) in [6.07, 6.45) is 4.63. The van der Waals surface area contributed by atoms with Crippen molar-refractivity contribution in [2.75, 3.05) is 51.7 Å². The summed E-state index contributed by atoms with van der Waals surface area (Å²) in [7, 11) is 1.49. The lowest BCUT2D eigenvalue weighted by Gasteiger charge is -2.36. The first kappa shape index (κ1) is 36.9. The van der Waals surface area contributed by atoms with E-state index in [-0.39, 0.29) is 41.8 Å². The zero-order valence-corrected chi connectivity index (χ0v) is 31.0. The lowest BCUT2D eigenvalue weighted by Crippen LogP contribution is -2.49. The van der Waals surface area contributed by atoms with E-state index in [1.165, 1.54) is 24.4 Å². The highest BCUT2D eigenvalue weighted by Crippen LogP contribution is 2.42. The van der Waals surface area contributed by atoms with Gasteiger partial charge in [0.05, 0.1) is 10.9 Å². The first-order chi connectivity index (χ1) is 25.4. The molecule has 0 aliphatic carbocycles. The van der Waals surface area contributed by atoms with E-state index >= 15 is 8.78 Å². The number of benzene rings is 2. The number of alkyl halides is 1. The largest absolute Gasteiger partial charge is 0.468 e. The van der Waals surface area contributed by atoms with Crippen LogP contribution in [0, 0.1) is 11.6 Å². The van der Waals surface area contributed by atoms with Crippen molar-refractivity contribution in [3.63, 3.8) is 0 Å². The second kappa shape index (κ2) is 14.8. The Labute approximate surface area is 307 Å². The predicted octanol–water partition coefficient (Wildman–Crippen LogP) is 7.77. The Morgan fingerprint density at radius 3 is 2.62 bits per heavy atom. The number of aryl methyl sites for hydroxylation is 1. The molecule has 3 saturated heterocycles. The summed E-state index contributed by atoms with van der Waals surface area (Å²) in [5, 5.41) is 4.59. The zero-order valence-electron chi connectivity index (χ0n) is 31.0. The van der Waals surface area contributed by atoms with Gasteiger partial charge in [-0.2, -0.15) is 9.97 Å². The summed E-state index contributed by atoms with van der Waals surface area (Å²) < 4.78 is 70.3. The number of anilines is 1. The van der Waals surface area contributed by atoms with Gasteiger partial charge in [-0.1, -0.05) is 13.0 Å². The van der Waals surface area contributed by atoms with Crippen LogP contribution in [0.15, 0.2) is 30.5 Å². The minimum atomic E-state index is -0.964. The number of hydrazine groups is 1. The number of methoxy groups -OCH3 is 1. The van der Waals surface area contributed by atoms with E-state index in [2.05, 4.69) is 14.9 Å². The molecule has 284 valence electrons. The second-order valence-corrected chi connectivity index (χ2v) is 15.2. The van der Waals surface area contributed by atoms with Gasteiger partial charge in [-0.3, -0.25) is 14.9 Å². The molecule has 11 nitrogen and oxygen atoms in total. The number of hydrogen-bond acceptors (Lipinski definition) is 10. The van der Waals surface area contributed by atoms with Crippen LogP contribution in [-0.2, 0) is 15.9 Å². The van der Waals surface area contributed by atoms with Gasteiger partial charge < -0.3 is 18.9 Å². The Morgan fingerprint density at radius 1 is 1.04 bits per heavy atom. The number of pyridine rings is 1. The molecule has 0 radical (unpaired) electrons. The second-order valence-electron chi connectivity index (χ2n) is 15.2. The van der Waals surface area contributed by atoms with Gasteiger partial charge in [0.15, 0.2) is 18.4 Å². The average molecular weight is 737 g/mol. The number of ether oxygens (including phenoxy) is 4. The molecular formula is C39H47F3N6O5. The molecule has 0 saturated carbocycles. The van der Waals surface area contributed by atoms with E-state index in [1.807, 2.05) is 6.92 Å². The number of amides is 1. The van der Waals surface area contributed by atoms with E-state index in [1.54, 1.807) is 44.0 Å². The van der Waals surface area contributed by atoms with Gasteiger partial charge in [0.2, 0.25) is 0 Å². The Balaban J connectivity index is 1.41. The van der Waals surface area contributed by atoms with Crippen molar-refractivity contribution >= 4 is 33.6 Å². The molecule has 14 heteroatoms. The van der Waals surface area contributed by atoms with Crippen LogP contribution in [0.2, 0.25) is 0 Å². The van der Waals surface area contributed by atoms with Crippen LogP contribution in [0.5, 0.6) is 11.8 Å². The standard InChI is InChI=1S/C39H47F3N6O5/c1-6-27-30(41)12-11-24-17-26(52-23-50-5)18-28(31(24)27)33-32(42)34-29(20-43-33)35(47-15-8-7-9-16-48(47)37(49)53-38(2,3)4)45-36(44-34)51-22-39-13-10-14-46(39)21-25(40)19-39/h11-12,17-18,20,25H,6-10,13-16,19,21-23H2,1-5H3/t25-,39+/m1/s1. The summed E-state index contributed by atoms with van der Waals surface area (Å²) in [6, 6.07) is 6.28. The molecule has 3 aliphatic heterocycles. The maximum atomic E-state index is 17.3. The number of rotatable bonds is 9. The number of aromatic nitrogens is 3. The molecule has 7 rings (SSSR count). The van der Waals surface area contributed by atoms with Gasteiger partial charge in [-0.05, 0) is 100 Å². The number of carbonyl (C=O) groups is 1. The van der Waals surface area contributed by atoms with E-state index in [9.17, 15) is 9.18 Å². The first-order valence-corrected chi connectivity index (χ1v) is 18.4. The van der Waals surface area contributed by atoms with E-state index in [0.29, 0.717) is 60.1 Å². The van der Waals surface area contributed by atoms with Crippen molar-refractivity contribution in [3.8, 4) is 23.0 Å². The Kier molecular flexibility index (Phi) is 10.3.